The summed E-state index contributed by atoms with van der Waals surface area (Å²) >= 11 is 0. The number of piperidine rings is 1. The molecule has 0 spiro atoms. The molecular formula is C21H24F2N2O2. The van der Waals surface area contributed by atoms with E-state index in [9.17, 15) is 13.6 Å². The molecule has 1 aliphatic heterocycles. The largest absolute Gasteiger partial charge is 0.496 e. The van der Waals surface area contributed by atoms with E-state index in [-0.39, 0.29) is 11.2 Å². The topological polar surface area (TPSA) is 41.6 Å². The molecule has 2 aromatic carbocycles. The molecule has 27 heavy (non-hydrogen) atoms. The van der Waals surface area contributed by atoms with Crippen LogP contribution in [0.4, 0.5) is 8.78 Å². The number of nitrogens with one attached hydrogen (secondary N) is 1. The first kappa shape index (κ1) is 19.3. The Morgan fingerprint density at radius 3 is 2.44 bits per heavy atom. The molecule has 1 heterocycles. The van der Waals surface area contributed by atoms with E-state index in [0.717, 1.165) is 37.6 Å². The summed E-state index contributed by atoms with van der Waals surface area (Å²) in [6.07, 6.45) is 1.74. The van der Waals surface area contributed by atoms with Gasteiger partial charge in [-0.05, 0) is 50.7 Å². The number of likely N-dealkylation sites (tertiary alicyclic amines) is 1. The lowest BCUT2D eigenvalue weighted by Crippen LogP contribution is -2.48. The zero-order chi connectivity index (χ0) is 19.4. The summed E-state index contributed by atoms with van der Waals surface area (Å²) in [4.78, 5) is 14.9. The highest BCUT2D eigenvalue weighted by Gasteiger charge is 2.36. The van der Waals surface area contributed by atoms with E-state index < -0.39 is 23.1 Å². The number of hydrogen-bond acceptors (Lipinski definition) is 3. The van der Waals surface area contributed by atoms with Gasteiger partial charge < -0.3 is 15.0 Å². The molecule has 1 saturated heterocycles. The molecule has 1 N–H and O–H groups in total. The van der Waals surface area contributed by atoms with Crippen LogP contribution in [0.5, 0.6) is 5.75 Å². The highest BCUT2D eigenvalue weighted by molar-refractivity contribution is 5.97. The van der Waals surface area contributed by atoms with Crippen molar-refractivity contribution >= 4 is 5.91 Å². The van der Waals surface area contributed by atoms with Crippen molar-refractivity contribution in [1.29, 1.82) is 0 Å². The van der Waals surface area contributed by atoms with E-state index in [0.29, 0.717) is 6.54 Å². The van der Waals surface area contributed by atoms with Gasteiger partial charge in [0.1, 0.15) is 11.3 Å². The molecule has 0 aromatic heterocycles. The average molecular weight is 374 g/mol. The zero-order valence-electron chi connectivity index (χ0n) is 15.6. The van der Waals surface area contributed by atoms with Gasteiger partial charge in [-0.2, -0.15) is 0 Å². The predicted octanol–water partition coefficient (Wildman–Crippen LogP) is 3.37. The lowest BCUT2D eigenvalue weighted by molar-refractivity contribution is 0.0919. The predicted molar refractivity (Wildman–Crippen MR) is 100 cm³/mol. The lowest BCUT2D eigenvalue weighted by atomic mass is 9.72. The fourth-order valence-corrected chi connectivity index (χ4v) is 3.66. The first-order chi connectivity index (χ1) is 13.0. The molecule has 0 radical (unpaired) electrons. The number of carbonyl (C=O) groups is 1. The van der Waals surface area contributed by atoms with E-state index >= 15 is 0 Å². The highest BCUT2D eigenvalue weighted by atomic mass is 19.2. The SMILES string of the molecule is COc1ccc(F)c(F)c1C(=O)NCC1(c2ccccc2)CCN(C)CC1. The van der Waals surface area contributed by atoms with Crippen LogP contribution in [0.3, 0.4) is 0 Å². The summed E-state index contributed by atoms with van der Waals surface area (Å²) in [5.74, 6) is -2.91. The summed E-state index contributed by atoms with van der Waals surface area (Å²) in [6.45, 7) is 2.16. The van der Waals surface area contributed by atoms with Gasteiger partial charge in [0, 0.05) is 12.0 Å². The second kappa shape index (κ2) is 8.05. The number of hydrogen-bond donors (Lipinski definition) is 1. The van der Waals surface area contributed by atoms with E-state index in [2.05, 4.69) is 29.4 Å². The molecule has 3 rings (SSSR count). The third-order valence-electron chi connectivity index (χ3n) is 5.42. The Morgan fingerprint density at radius 1 is 1.15 bits per heavy atom. The van der Waals surface area contributed by atoms with E-state index in [1.807, 2.05) is 18.2 Å². The van der Waals surface area contributed by atoms with Crippen molar-refractivity contribution in [2.24, 2.45) is 0 Å². The van der Waals surface area contributed by atoms with Crippen molar-refractivity contribution < 1.29 is 18.3 Å². The van der Waals surface area contributed by atoms with Crippen LogP contribution in [0.25, 0.3) is 0 Å². The van der Waals surface area contributed by atoms with Gasteiger partial charge in [0.2, 0.25) is 0 Å². The molecular weight excluding hydrogens is 350 g/mol. The Labute approximate surface area is 158 Å². The molecule has 4 nitrogen and oxygen atoms in total. The normalized spacial score (nSPS) is 16.7. The summed E-state index contributed by atoms with van der Waals surface area (Å²) in [6, 6.07) is 12.2. The molecule has 6 heteroatoms. The number of carbonyl (C=O) groups excluding carboxylic acids is 1. The Morgan fingerprint density at radius 2 is 1.81 bits per heavy atom. The molecule has 0 saturated carbocycles. The first-order valence-electron chi connectivity index (χ1n) is 9.01. The Bertz CT molecular complexity index is 803. The second-order valence-corrected chi connectivity index (χ2v) is 7.07. The number of halogens is 2. The number of amides is 1. The molecule has 1 amide bonds. The van der Waals surface area contributed by atoms with Crippen LogP contribution in [0.2, 0.25) is 0 Å². The number of ether oxygens (including phenoxy) is 1. The fraction of sp³-hybridized carbons (Fsp3) is 0.381. The van der Waals surface area contributed by atoms with Gasteiger partial charge in [0.15, 0.2) is 11.6 Å². The number of nitrogens with zero attached hydrogens (tertiary/aromatic N) is 1. The Kier molecular flexibility index (Phi) is 5.75. The Hall–Kier alpha value is -2.47. The molecule has 1 fully saturated rings. The van der Waals surface area contributed by atoms with Gasteiger partial charge in [-0.3, -0.25) is 4.79 Å². The molecule has 1 aliphatic rings. The standard InChI is InChI=1S/C21H24F2N2O2/c1-25-12-10-21(11-13-25,15-6-4-3-5-7-15)14-24-20(26)18-17(27-2)9-8-16(22)19(18)23/h3-9H,10-14H2,1-2H3,(H,24,26). The number of rotatable bonds is 5. The van der Waals surface area contributed by atoms with Crippen molar-refractivity contribution in [1.82, 2.24) is 10.2 Å². The lowest BCUT2D eigenvalue weighted by Gasteiger charge is -2.41. The smallest absolute Gasteiger partial charge is 0.258 e. The number of benzene rings is 2. The van der Waals surface area contributed by atoms with Gasteiger partial charge in [0.25, 0.3) is 5.91 Å². The minimum atomic E-state index is -1.19. The van der Waals surface area contributed by atoms with Crippen LogP contribution < -0.4 is 10.1 Å². The molecule has 0 aliphatic carbocycles. The second-order valence-electron chi connectivity index (χ2n) is 7.07. The molecule has 0 atom stereocenters. The van der Waals surface area contributed by atoms with Crippen LogP contribution in [-0.2, 0) is 5.41 Å². The molecule has 144 valence electrons. The maximum absolute atomic E-state index is 14.2. The van der Waals surface area contributed by atoms with Gasteiger partial charge in [-0.25, -0.2) is 8.78 Å². The van der Waals surface area contributed by atoms with Gasteiger partial charge >= 0.3 is 0 Å². The van der Waals surface area contributed by atoms with E-state index in [1.165, 1.54) is 13.2 Å². The molecule has 0 bridgehead atoms. The van der Waals surface area contributed by atoms with Crippen molar-refractivity contribution in [3.63, 3.8) is 0 Å². The minimum Gasteiger partial charge on any atom is -0.496 e. The third-order valence-corrected chi connectivity index (χ3v) is 5.42. The van der Waals surface area contributed by atoms with Crippen LogP contribution >= 0.6 is 0 Å². The van der Waals surface area contributed by atoms with Crippen molar-refractivity contribution in [2.75, 3.05) is 33.8 Å². The molecule has 2 aromatic rings. The van der Waals surface area contributed by atoms with Gasteiger partial charge in [-0.1, -0.05) is 30.3 Å². The zero-order valence-corrected chi connectivity index (χ0v) is 15.6. The van der Waals surface area contributed by atoms with E-state index in [4.69, 9.17) is 4.74 Å². The van der Waals surface area contributed by atoms with Crippen LogP contribution in [0.1, 0.15) is 28.8 Å². The monoisotopic (exact) mass is 374 g/mol. The highest BCUT2D eigenvalue weighted by Crippen LogP contribution is 2.35. The first-order valence-corrected chi connectivity index (χ1v) is 9.01. The third kappa shape index (κ3) is 3.95. The van der Waals surface area contributed by atoms with Crippen LogP contribution in [0.15, 0.2) is 42.5 Å². The summed E-state index contributed by atoms with van der Waals surface area (Å²) in [5, 5.41) is 2.82. The summed E-state index contributed by atoms with van der Waals surface area (Å²) in [5.41, 5.74) is 0.513. The van der Waals surface area contributed by atoms with Gasteiger partial charge in [0.05, 0.1) is 7.11 Å². The maximum atomic E-state index is 14.2. The summed E-state index contributed by atoms with van der Waals surface area (Å²) < 4.78 is 32.9. The van der Waals surface area contributed by atoms with Crippen LogP contribution in [0, 0.1) is 11.6 Å². The quantitative estimate of drug-likeness (QED) is 0.873. The fourth-order valence-electron chi connectivity index (χ4n) is 3.66. The van der Waals surface area contributed by atoms with Crippen molar-refractivity contribution in [2.45, 2.75) is 18.3 Å². The van der Waals surface area contributed by atoms with Crippen LogP contribution in [-0.4, -0.2) is 44.6 Å². The minimum absolute atomic E-state index is 0.0172. The van der Waals surface area contributed by atoms with E-state index in [1.54, 1.807) is 0 Å². The Balaban J connectivity index is 1.85. The van der Waals surface area contributed by atoms with Gasteiger partial charge in [-0.15, -0.1) is 0 Å². The van der Waals surface area contributed by atoms with Crippen molar-refractivity contribution in [3.05, 3.63) is 65.2 Å². The summed E-state index contributed by atoms with van der Waals surface area (Å²) in [7, 11) is 3.40. The molecule has 0 unspecified atom stereocenters. The number of methoxy groups -OCH3 is 1. The average Bonchev–Trinajstić information content (AvgIpc) is 2.70. The van der Waals surface area contributed by atoms with Crippen molar-refractivity contribution in [3.8, 4) is 5.75 Å². The maximum Gasteiger partial charge on any atom is 0.258 e.